The van der Waals surface area contributed by atoms with Crippen LogP contribution in [-0.4, -0.2) is 36.2 Å². The zero-order chi connectivity index (χ0) is 13.1. The molecule has 3 heteroatoms. The fourth-order valence-electron chi connectivity index (χ4n) is 2.85. The van der Waals surface area contributed by atoms with Crippen LogP contribution in [0.3, 0.4) is 0 Å². The lowest BCUT2D eigenvalue weighted by atomic mass is 10.1. The molecule has 0 radical (unpaired) electrons. The van der Waals surface area contributed by atoms with Gasteiger partial charge >= 0.3 is 0 Å². The van der Waals surface area contributed by atoms with Crippen molar-refractivity contribution in [1.82, 2.24) is 10.0 Å². The molecule has 0 aromatic rings. The first-order valence-corrected chi connectivity index (χ1v) is 7.71. The molecular formula is C15H31N3. The highest BCUT2D eigenvalue weighted by atomic mass is 15.6. The molecule has 2 fully saturated rings. The van der Waals surface area contributed by atoms with Crippen LogP contribution in [0.1, 0.15) is 57.8 Å². The van der Waals surface area contributed by atoms with Crippen LogP contribution in [-0.2, 0) is 0 Å². The van der Waals surface area contributed by atoms with Crippen molar-refractivity contribution in [1.29, 1.82) is 0 Å². The van der Waals surface area contributed by atoms with E-state index in [4.69, 9.17) is 0 Å². The third-order valence-electron chi connectivity index (χ3n) is 3.81. The zero-order valence-corrected chi connectivity index (χ0v) is 11.9. The van der Waals surface area contributed by atoms with Gasteiger partial charge < -0.3 is 5.73 Å². The van der Waals surface area contributed by atoms with E-state index in [1.165, 1.54) is 90.2 Å². The molecule has 0 atom stereocenters. The van der Waals surface area contributed by atoms with Gasteiger partial charge in [-0.25, -0.2) is 10.0 Å². The predicted octanol–water partition coefficient (Wildman–Crippen LogP) is 3.13. The summed E-state index contributed by atoms with van der Waals surface area (Å²) in [6.45, 7) is 8.42. The Morgan fingerprint density at radius 1 is 0.611 bits per heavy atom. The highest BCUT2D eigenvalue weighted by Gasteiger charge is 2.17. The van der Waals surface area contributed by atoms with Gasteiger partial charge in [-0.3, -0.25) is 0 Å². The minimum Gasteiger partial charge on any atom is -0.405 e. The van der Waals surface area contributed by atoms with Crippen molar-refractivity contribution in [2.75, 3.05) is 26.2 Å². The first-order chi connectivity index (χ1) is 8.88. The molecule has 2 heterocycles. The van der Waals surface area contributed by atoms with Crippen LogP contribution in [0.4, 0.5) is 0 Å². The van der Waals surface area contributed by atoms with Gasteiger partial charge in [-0.1, -0.05) is 38.7 Å². The number of rotatable bonds is 1. The third-order valence-corrected chi connectivity index (χ3v) is 3.81. The number of hydrogen-bond acceptors (Lipinski definition) is 3. The number of hydrogen-bond donors (Lipinski definition) is 1. The van der Waals surface area contributed by atoms with Crippen LogP contribution in [0.2, 0.25) is 0 Å². The van der Waals surface area contributed by atoms with Crippen LogP contribution < -0.4 is 5.73 Å². The molecule has 2 aliphatic heterocycles. The standard InChI is InChI=1S/C13H26N2.C2H5N/c1-2-6-10-14(11-7-3-1)15-12-8-4-5-9-13-15;1-2-3/h1-13H2;2H,1,3H2. The SMILES string of the molecule is C1CCCN(N2CCCCCC2)CCC1.C=CN. The molecule has 18 heavy (non-hydrogen) atoms. The van der Waals surface area contributed by atoms with E-state index in [0.29, 0.717) is 0 Å². The lowest BCUT2D eigenvalue weighted by Crippen LogP contribution is -2.44. The van der Waals surface area contributed by atoms with Gasteiger partial charge in [-0.05, 0) is 31.9 Å². The van der Waals surface area contributed by atoms with E-state index in [9.17, 15) is 0 Å². The van der Waals surface area contributed by atoms with Crippen molar-refractivity contribution >= 4 is 0 Å². The van der Waals surface area contributed by atoms with Crippen molar-refractivity contribution in [2.24, 2.45) is 5.73 Å². The molecule has 0 aromatic heterocycles. The van der Waals surface area contributed by atoms with E-state index < -0.39 is 0 Å². The van der Waals surface area contributed by atoms with E-state index >= 15 is 0 Å². The molecule has 0 amide bonds. The molecule has 0 spiro atoms. The minimum atomic E-state index is 1.25. The molecule has 3 nitrogen and oxygen atoms in total. The first-order valence-electron chi connectivity index (χ1n) is 7.71. The maximum absolute atomic E-state index is 4.61. The normalized spacial score (nSPS) is 24.0. The Hall–Kier alpha value is -0.540. The smallest absolute Gasteiger partial charge is 0.0133 e. The van der Waals surface area contributed by atoms with Crippen LogP contribution in [0, 0.1) is 0 Å². The van der Waals surface area contributed by atoms with Crippen molar-refractivity contribution in [3.05, 3.63) is 12.8 Å². The molecule has 0 saturated carbocycles. The van der Waals surface area contributed by atoms with E-state index in [0.717, 1.165) is 0 Å². The lowest BCUT2D eigenvalue weighted by Gasteiger charge is -2.35. The monoisotopic (exact) mass is 253 g/mol. The van der Waals surface area contributed by atoms with E-state index in [1.54, 1.807) is 0 Å². The Kier molecular flexibility index (Phi) is 8.96. The van der Waals surface area contributed by atoms with Crippen LogP contribution in [0.5, 0.6) is 0 Å². The Morgan fingerprint density at radius 3 is 1.11 bits per heavy atom. The summed E-state index contributed by atoms with van der Waals surface area (Å²) in [6.07, 6.45) is 14.2. The second-order valence-electron chi connectivity index (χ2n) is 5.33. The molecular weight excluding hydrogens is 222 g/mol. The van der Waals surface area contributed by atoms with Crippen molar-refractivity contribution in [3.8, 4) is 0 Å². The van der Waals surface area contributed by atoms with Gasteiger partial charge in [-0.15, -0.1) is 0 Å². The van der Waals surface area contributed by atoms with Gasteiger partial charge in [0, 0.05) is 26.2 Å². The molecule has 2 rings (SSSR count). The average Bonchev–Trinajstić information content (AvgIpc) is 2.58. The van der Waals surface area contributed by atoms with Crippen molar-refractivity contribution in [3.63, 3.8) is 0 Å². The molecule has 0 aromatic carbocycles. The Balaban J connectivity index is 0.000000492. The van der Waals surface area contributed by atoms with E-state index in [1.807, 2.05) is 0 Å². The van der Waals surface area contributed by atoms with Gasteiger partial charge in [0.2, 0.25) is 0 Å². The van der Waals surface area contributed by atoms with Gasteiger partial charge in [0.25, 0.3) is 0 Å². The summed E-state index contributed by atoms with van der Waals surface area (Å²) in [5.41, 5.74) is 4.61. The number of nitrogens with two attached hydrogens (primary N) is 1. The third kappa shape index (κ3) is 6.41. The van der Waals surface area contributed by atoms with Crippen molar-refractivity contribution in [2.45, 2.75) is 57.8 Å². The highest BCUT2D eigenvalue weighted by Crippen LogP contribution is 2.16. The number of hydrazine groups is 1. The fourth-order valence-corrected chi connectivity index (χ4v) is 2.85. The Labute approximate surface area is 113 Å². The highest BCUT2D eigenvalue weighted by molar-refractivity contribution is 4.65. The van der Waals surface area contributed by atoms with Crippen LogP contribution in [0.15, 0.2) is 12.8 Å². The largest absolute Gasteiger partial charge is 0.405 e. The fraction of sp³-hybridized carbons (Fsp3) is 0.867. The van der Waals surface area contributed by atoms with Gasteiger partial charge in [0.05, 0.1) is 0 Å². The summed E-state index contributed by atoms with van der Waals surface area (Å²) in [6, 6.07) is 0. The van der Waals surface area contributed by atoms with E-state index in [2.05, 4.69) is 22.3 Å². The maximum atomic E-state index is 4.61. The van der Waals surface area contributed by atoms with Crippen LogP contribution >= 0.6 is 0 Å². The van der Waals surface area contributed by atoms with E-state index in [-0.39, 0.29) is 0 Å². The van der Waals surface area contributed by atoms with Gasteiger partial charge in [0.15, 0.2) is 0 Å². The summed E-state index contributed by atoms with van der Waals surface area (Å²) < 4.78 is 0. The second kappa shape index (κ2) is 10.4. The molecule has 0 aliphatic carbocycles. The summed E-state index contributed by atoms with van der Waals surface area (Å²) in [5.74, 6) is 0. The molecule has 106 valence electrons. The first kappa shape index (κ1) is 15.5. The summed E-state index contributed by atoms with van der Waals surface area (Å²) in [5, 5.41) is 5.31. The summed E-state index contributed by atoms with van der Waals surface area (Å²) >= 11 is 0. The Bertz CT molecular complexity index is 190. The molecule has 0 bridgehead atoms. The van der Waals surface area contributed by atoms with Gasteiger partial charge in [-0.2, -0.15) is 0 Å². The van der Waals surface area contributed by atoms with Crippen molar-refractivity contribution < 1.29 is 0 Å². The average molecular weight is 253 g/mol. The zero-order valence-electron chi connectivity index (χ0n) is 11.9. The van der Waals surface area contributed by atoms with Gasteiger partial charge in [0.1, 0.15) is 0 Å². The minimum absolute atomic E-state index is 1.25. The quantitative estimate of drug-likeness (QED) is 0.779. The molecule has 2 aliphatic rings. The molecule has 2 saturated heterocycles. The topological polar surface area (TPSA) is 32.5 Å². The Morgan fingerprint density at radius 2 is 0.833 bits per heavy atom. The molecule has 2 N–H and O–H groups in total. The summed E-state index contributed by atoms with van der Waals surface area (Å²) in [4.78, 5) is 0. The maximum Gasteiger partial charge on any atom is 0.0133 e. The number of nitrogens with zero attached hydrogens (tertiary/aromatic N) is 2. The second-order valence-corrected chi connectivity index (χ2v) is 5.33. The van der Waals surface area contributed by atoms with Crippen LogP contribution in [0.25, 0.3) is 0 Å². The lowest BCUT2D eigenvalue weighted by molar-refractivity contribution is -0.0280. The molecule has 0 unspecified atom stereocenters. The predicted molar refractivity (Wildman–Crippen MR) is 79.1 cm³/mol. The summed E-state index contributed by atoms with van der Waals surface area (Å²) in [7, 11) is 0.